The van der Waals surface area contributed by atoms with Gasteiger partial charge in [0.15, 0.2) is 0 Å². The number of nitrogens with zero attached hydrogens (tertiary/aromatic N) is 3. The van der Waals surface area contributed by atoms with E-state index in [0.29, 0.717) is 0 Å². The van der Waals surface area contributed by atoms with Crippen LogP contribution in [0, 0.1) is 13.8 Å². The lowest BCUT2D eigenvalue weighted by Gasteiger charge is -2.25. The molecule has 2 aromatic rings. The lowest BCUT2D eigenvalue weighted by atomic mass is 10.0. The normalized spacial score (nSPS) is 11.8. The molecule has 0 saturated carbocycles. The molecule has 0 aliphatic carbocycles. The van der Waals surface area contributed by atoms with Crippen molar-refractivity contribution in [2.75, 3.05) is 7.05 Å². The predicted octanol–water partition coefficient (Wildman–Crippen LogP) is 2.34. The summed E-state index contributed by atoms with van der Waals surface area (Å²) in [4.78, 5) is 8.78. The van der Waals surface area contributed by atoms with Gasteiger partial charge in [-0.25, -0.2) is 4.98 Å². The predicted molar refractivity (Wildman–Crippen MR) is 72.9 cm³/mol. The first-order chi connectivity index (χ1) is 8.45. The minimum absolute atomic E-state index is 0.131. The van der Waals surface area contributed by atoms with Crippen LogP contribution in [-0.4, -0.2) is 21.6 Å². The van der Waals surface area contributed by atoms with E-state index in [4.69, 9.17) is 0 Å². The molecule has 4 heteroatoms. The molecule has 0 aliphatic heterocycles. The maximum absolute atomic E-state index is 4.51. The first-order valence-corrected chi connectivity index (χ1v) is 6.12. The quantitative estimate of drug-likeness (QED) is 0.901. The Labute approximate surface area is 108 Å². The minimum atomic E-state index is -0.131. The third kappa shape index (κ3) is 2.16. The van der Waals surface area contributed by atoms with E-state index in [1.165, 1.54) is 0 Å². The Balaban J connectivity index is 2.56. The van der Waals surface area contributed by atoms with Gasteiger partial charge >= 0.3 is 0 Å². The summed E-state index contributed by atoms with van der Waals surface area (Å²) in [6, 6.07) is 4.12. The topological polar surface area (TPSA) is 42.7 Å². The highest BCUT2D eigenvalue weighted by Gasteiger charge is 2.23. The van der Waals surface area contributed by atoms with Crippen LogP contribution in [0.25, 0.3) is 5.69 Å². The second kappa shape index (κ2) is 4.53. The molecule has 0 unspecified atom stereocenters. The van der Waals surface area contributed by atoms with Gasteiger partial charge in [0.1, 0.15) is 0 Å². The summed E-state index contributed by atoms with van der Waals surface area (Å²) in [6.07, 6.45) is 3.74. The van der Waals surface area contributed by atoms with Crippen LogP contribution in [0.5, 0.6) is 0 Å². The number of imidazole rings is 1. The second-order valence-electron chi connectivity index (χ2n) is 5.08. The number of aromatic nitrogens is 3. The van der Waals surface area contributed by atoms with Crippen LogP contribution in [0.3, 0.4) is 0 Å². The zero-order chi connectivity index (χ0) is 13.3. The molecule has 18 heavy (non-hydrogen) atoms. The van der Waals surface area contributed by atoms with Crippen molar-refractivity contribution in [1.82, 2.24) is 19.9 Å². The van der Waals surface area contributed by atoms with Gasteiger partial charge in [0, 0.05) is 5.69 Å². The van der Waals surface area contributed by atoms with Gasteiger partial charge in [0.2, 0.25) is 0 Å². The Hall–Kier alpha value is -1.68. The number of hydrogen-bond acceptors (Lipinski definition) is 3. The van der Waals surface area contributed by atoms with Gasteiger partial charge in [-0.3, -0.25) is 9.55 Å². The van der Waals surface area contributed by atoms with E-state index in [-0.39, 0.29) is 5.54 Å². The lowest BCUT2D eigenvalue weighted by molar-refractivity contribution is 0.424. The fourth-order valence-electron chi connectivity index (χ4n) is 2.01. The van der Waals surface area contributed by atoms with Gasteiger partial charge in [0.25, 0.3) is 0 Å². The monoisotopic (exact) mass is 244 g/mol. The van der Waals surface area contributed by atoms with Crippen LogP contribution in [0.15, 0.2) is 24.7 Å². The Kier molecular flexibility index (Phi) is 3.22. The number of rotatable bonds is 3. The van der Waals surface area contributed by atoms with Crippen LogP contribution in [0.1, 0.15) is 30.9 Å². The third-order valence-electron chi connectivity index (χ3n) is 3.36. The summed E-state index contributed by atoms with van der Waals surface area (Å²) in [5.41, 5.74) is 4.12. The highest BCUT2D eigenvalue weighted by Crippen LogP contribution is 2.23. The summed E-state index contributed by atoms with van der Waals surface area (Å²) in [5.74, 6) is 0. The molecule has 96 valence electrons. The van der Waals surface area contributed by atoms with Gasteiger partial charge in [-0.05, 0) is 46.9 Å². The van der Waals surface area contributed by atoms with Gasteiger partial charge in [0.05, 0.1) is 35.1 Å². The molecule has 0 radical (unpaired) electrons. The molecule has 0 amide bonds. The Morgan fingerprint density at radius 1 is 1.22 bits per heavy atom. The molecule has 0 bridgehead atoms. The van der Waals surface area contributed by atoms with E-state index >= 15 is 0 Å². The van der Waals surface area contributed by atoms with E-state index < -0.39 is 0 Å². The van der Waals surface area contributed by atoms with E-state index in [1.54, 1.807) is 0 Å². The summed E-state index contributed by atoms with van der Waals surface area (Å²) in [7, 11) is 1.96. The molecule has 0 aromatic carbocycles. The number of aryl methyl sites for hydroxylation is 2. The number of hydrogen-bond donors (Lipinski definition) is 1. The van der Waals surface area contributed by atoms with Gasteiger partial charge in [-0.15, -0.1) is 0 Å². The average Bonchev–Trinajstić information content (AvgIpc) is 2.78. The maximum atomic E-state index is 4.51. The SMILES string of the molecule is CNC(C)(C)c1cncn1-c1ccc(C)nc1C. The molecule has 2 rings (SSSR count). The van der Waals surface area contributed by atoms with Crippen LogP contribution >= 0.6 is 0 Å². The molecule has 2 heterocycles. The standard InChI is InChI=1S/C14H20N4/c1-10-6-7-12(11(2)17-10)18-9-16-8-13(18)14(3,4)15-5/h6-9,15H,1-5H3. The van der Waals surface area contributed by atoms with E-state index in [1.807, 2.05) is 39.5 Å². The Morgan fingerprint density at radius 2 is 1.94 bits per heavy atom. The third-order valence-corrected chi connectivity index (χ3v) is 3.36. The van der Waals surface area contributed by atoms with Crippen molar-refractivity contribution in [3.05, 3.63) is 41.7 Å². The first-order valence-electron chi connectivity index (χ1n) is 6.12. The molecule has 0 aliphatic rings. The van der Waals surface area contributed by atoms with E-state index in [0.717, 1.165) is 22.8 Å². The highest BCUT2D eigenvalue weighted by molar-refractivity contribution is 5.39. The molecule has 0 saturated heterocycles. The molecule has 0 atom stereocenters. The maximum Gasteiger partial charge on any atom is 0.0995 e. The molecular weight excluding hydrogens is 224 g/mol. The van der Waals surface area contributed by atoms with Crippen molar-refractivity contribution in [3.63, 3.8) is 0 Å². The van der Waals surface area contributed by atoms with Gasteiger partial charge in [-0.2, -0.15) is 0 Å². The summed E-state index contributed by atoms with van der Waals surface area (Å²) in [6.45, 7) is 8.30. The summed E-state index contributed by atoms with van der Waals surface area (Å²) < 4.78 is 2.10. The fraction of sp³-hybridized carbons (Fsp3) is 0.429. The number of pyridine rings is 1. The summed E-state index contributed by atoms with van der Waals surface area (Å²) >= 11 is 0. The van der Waals surface area contributed by atoms with Crippen molar-refractivity contribution in [2.45, 2.75) is 33.2 Å². The van der Waals surface area contributed by atoms with Crippen LogP contribution in [0.2, 0.25) is 0 Å². The zero-order valence-corrected chi connectivity index (χ0v) is 11.7. The molecule has 0 fully saturated rings. The van der Waals surface area contributed by atoms with Crippen molar-refractivity contribution in [2.24, 2.45) is 0 Å². The Bertz CT molecular complexity index is 555. The van der Waals surface area contributed by atoms with Crippen molar-refractivity contribution < 1.29 is 0 Å². The van der Waals surface area contributed by atoms with Crippen molar-refractivity contribution in [1.29, 1.82) is 0 Å². The van der Waals surface area contributed by atoms with Crippen molar-refractivity contribution in [3.8, 4) is 5.69 Å². The van der Waals surface area contributed by atoms with E-state index in [9.17, 15) is 0 Å². The van der Waals surface area contributed by atoms with Gasteiger partial charge in [-0.1, -0.05) is 0 Å². The van der Waals surface area contributed by atoms with Crippen LogP contribution in [-0.2, 0) is 5.54 Å². The van der Waals surface area contributed by atoms with E-state index in [2.05, 4.69) is 39.8 Å². The second-order valence-corrected chi connectivity index (χ2v) is 5.08. The smallest absolute Gasteiger partial charge is 0.0995 e. The van der Waals surface area contributed by atoms with Gasteiger partial charge < -0.3 is 5.32 Å². The number of nitrogens with one attached hydrogen (secondary N) is 1. The highest BCUT2D eigenvalue weighted by atomic mass is 15.1. The molecule has 2 aromatic heterocycles. The fourth-order valence-corrected chi connectivity index (χ4v) is 2.01. The summed E-state index contributed by atoms with van der Waals surface area (Å²) in [5, 5.41) is 3.30. The molecular formula is C14H20N4. The lowest BCUT2D eigenvalue weighted by Crippen LogP contribution is -2.35. The average molecular weight is 244 g/mol. The molecule has 1 N–H and O–H groups in total. The van der Waals surface area contributed by atoms with Crippen molar-refractivity contribution >= 4 is 0 Å². The minimum Gasteiger partial charge on any atom is -0.310 e. The molecule has 0 spiro atoms. The largest absolute Gasteiger partial charge is 0.310 e. The van der Waals surface area contributed by atoms with Crippen LogP contribution in [0.4, 0.5) is 0 Å². The zero-order valence-electron chi connectivity index (χ0n) is 11.7. The molecule has 4 nitrogen and oxygen atoms in total. The van der Waals surface area contributed by atoms with Crippen LogP contribution < -0.4 is 5.32 Å². The Morgan fingerprint density at radius 3 is 2.56 bits per heavy atom. The first kappa shape index (κ1) is 12.8.